The Labute approximate surface area is 755 Å². The van der Waals surface area contributed by atoms with Crippen LogP contribution in [0.25, 0.3) is 122 Å². The van der Waals surface area contributed by atoms with E-state index in [-0.39, 0.29) is 77.5 Å². The van der Waals surface area contributed by atoms with Crippen LogP contribution in [-0.4, -0.2) is 22.6 Å². The Balaban J connectivity index is 0.988. The Hall–Kier alpha value is -15.1. The van der Waals surface area contributed by atoms with Crippen LogP contribution in [0.15, 0.2) is 406 Å². The molecule has 124 heavy (non-hydrogen) atoms. The highest BCUT2D eigenvalue weighted by Crippen LogP contribution is 2.59. The second-order valence-electron chi connectivity index (χ2n) is 34.1. The number of anilines is 9. The van der Waals surface area contributed by atoms with Crippen molar-refractivity contribution >= 4 is 141 Å². The van der Waals surface area contributed by atoms with E-state index in [0.717, 1.165) is 32.4 Å². The standard InChI is InChI=1S/C116H85B2N5O/c1-115(2,3)82-66-91(76-40-19-9-20-41-76)110(92(67-82)77-42-21-10-22-43-77)122-103-70-86(120-100-56-33-31-52-88(100)89-53-32-34-57-101(89)120)60-62-96(103)117-99-73-106-109-114(124-107-65-81(75-38-17-8-18-39-75)58-61-97(107)118(109)98-55-35-54-90-95-64-80(74-36-15-7-16-37-74)59-63-102(95)121(106)112(90)98)113(99)123(105-72-87(71-104(122)108(105)117)119(84-48-27-13-28-49-84)85-50-29-14-30-51-85)111-93(78-44-23-11-24-45-78)68-83(116(4,5)6)69-94(111)79-46-25-12-26-47-79/h7-73H,1-6H3/i7D,15D,16D,31D,32D,33D,34D,35D,36D,37D,52D,53D,54D,55D,56D,57D,59D,60D,62D,63D,64D,70D. The van der Waals surface area contributed by atoms with Crippen LogP contribution in [0.3, 0.4) is 0 Å². The normalized spacial score (nSPS) is 15.4. The molecule has 6 heterocycles. The molecule has 0 unspecified atom stereocenters. The van der Waals surface area contributed by atoms with Crippen molar-refractivity contribution in [3.63, 3.8) is 0 Å². The molecule has 0 saturated carbocycles. The maximum Gasteiger partial charge on any atom is 0.256 e. The van der Waals surface area contributed by atoms with Crippen molar-refractivity contribution in [3.05, 3.63) is 417 Å². The number of fused-ring (bicyclic) bond motifs is 15. The summed E-state index contributed by atoms with van der Waals surface area (Å²) in [5.41, 5.74) is 10.5. The van der Waals surface area contributed by atoms with Crippen LogP contribution < -0.4 is 52.2 Å². The molecule has 0 saturated heterocycles. The van der Waals surface area contributed by atoms with Crippen molar-refractivity contribution in [2.75, 3.05) is 14.7 Å². The van der Waals surface area contributed by atoms with Crippen molar-refractivity contribution in [3.8, 4) is 89.6 Å². The fourth-order valence-electron chi connectivity index (χ4n) is 19.2. The third-order valence-corrected chi connectivity index (χ3v) is 24.9. The Morgan fingerprint density at radius 1 is 0.298 bits per heavy atom. The first-order valence-corrected chi connectivity index (χ1v) is 41.6. The first-order chi connectivity index (χ1) is 70.0. The van der Waals surface area contributed by atoms with Crippen molar-refractivity contribution in [2.24, 2.45) is 0 Å². The zero-order valence-electron chi connectivity index (χ0n) is 90.3. The van der Waals surface area contributed by atoms with Crippen LogP contribution in [-0.2, 0) is 10.8 Å². The summed E-state index contributed by atoms with van der Waals surface area (Å²) in [6.45, 7) is 10.1. The highest BCUT2D eigenvalue weighted by atomic mass is 16.5. The van der Waals surface area contributed by atoms with Crippen molar-refractivity contribution in [2.45, 2.75) is 52.4 Å². The monoisotopic (exact) mass is 1610 g/mol. The van der Waals surface area contributed by atoms with E-state index >= 15 is 0 Å². The quantitative estimate of drug-likeness (QED) is 0.114. The Morgan fingerprint density at radius 2 is 0.774 bits per heavy atom. The molecule has 6 nitrogen and oxygen atoms in total. The summed E-state index contributed by atoms with van der Waals surface area (Å²) in [4.78, 5) is 6.37. The molecule has 20 aromatic rings. The van der Waals surface area contributed by atoms with Gasteiger partial charge in [0.05, 0.1) is 69.5 Å². The molecular formula is C116H85B2N5O. The van der Waals surface area contributed by atoms with Gasteiger partial charge in [0.25, 0.3) is 13.4 Å². The molecule has 4 aliphatic heterocycles. The van der Waals surface area contributed by atoms with Gasteiger partial charge < -0.3 is 28.6 Å². The fraction of sp³-hybridized carbons (Fsp3) is 0.0690. The molecule has 24 rings (SSSR count). The number of aromatic nitrogens is 2. The van der Waals surface area contributed by atoms with Gasteiger partial charge in [-0.1, -0.05) is 338 Å². The molecule has 8 heteroatoms. The average molecular weight is 1610 g/mol. The minimum atomic E-state index is -1.53. The van der Waals surface area contributed by atoms with E-state index < -0.39 is 185 Å². The van der Waals surface area contributed by atoms with Gasteiger partial charge in [0.1, 0.15) is 11.5 Å². The number of ether oxygens (including phenoxy) is 1. The minimum Gasteiger partial charge on any atom is -0.456 e. The predicted octanol–water partition coefficient (Wildman–Crippen LogP) is 27.0. The number of para-hydroxylation sites is 5. The van der Waals surface area contributed by atoms with E-state index in [4.69, 9.17) is 8.85 Å². The number of hydrogen-bond acceptors (Lipinski definition) is 4. The summed E-state index contributed by atoms with van der Waals surface area (Å²) < 4.78 is 235. The van der Waals surface area contributed by atoms with Crippen LogP contribution >= 0.6 is 0 Å². The highest BCUT2D eigenvalue weighted by Gasteiger charge is 2.52. The molecule has 18 aromatic carbocycles. The Bertz CT molecular complexity index is 8880. The van der Waals surface area contributed by atoms with Crippen LogP contribution in [0, 0.1) is 0 Å². The molecule has 0 spiro atoms. The van der Waals surface area contributed by atoms with Gasteiger partial charge in [-0.05, 0) is 208 Å². The maximum absolute atomic E-state index is 12.3. The van der Waals surface area contributed by atoms with Crippen LogP contribution in [0.5, 0.6) is 11.5 Å². The number of rotatable bonds is 12. The lowest BCUT2D eigenvalue weighted by Gasteiger charge is -2.48. The van der Waals surface area contributed by atoms with Gasteiger partial charge in [-0.2, -0.15) is 0 Å². The number of benzene rings is 18. The van der Waals surface area contributed by atoms with Gasteiger partial charge in [-0.25, -0.2) is 0 Å². The lowest BCUT2D eigenvalue weighted by Crippen LogP contribution is -2.64. The smallest absolute Gasteiger partial charge is 0.256 e. The first-order valence-electron chi connectivity index (χ1n) is 52.6. The van der Waals surface area contributed by atoms with Crippen molar-refractivity contribution in [1.29, 1.82) is 0 Å². The molecule has 586 valence electrons. The Kier molecular flexibility index (Phi) is 12.2. The van der Waals surface area contributed by atoms with Gasteiger partial charge in [-0.3, -0.25) is 0 Å². The molecule has 4 aliphatic rings. The van der Waals surface area contributed by atoms with E-state index in [1.807, 2.05) is 217 Å². The maximum atomic E-state index is 12.3. The molecule has 0 fully saturated rings. The fourth-order valence-corrected chi connectivity index (χ4v) is 19.2. The molecule has 0 radical (unpaired) electrons. The third-order valence-electron chi connectivity index (χ3n) is 24.9. The van der Waals surface area contributed by atoms with Crippen molar-refractivity contribution in [1.82, 2.24) is 9.13 Å². The molecule has 0 atom stereocenters. The predicted molar refractivity (Wildman–Crippen MR) is 525 cm³/mol. The summed E-state index contributed by atoms with van der Waals surface area (Å²) in [6.07, 6.45) is 0. The lowest BCUT2D eigenvalue weighted by molar-refractivity contribution is 0.489. The van der Waals surface area contributed by atoms with Gasteiger partial charge >= 0.3 is 0 Å². The summed E-state index contributed by atoms with van der Waals surface area (Å²) in [6, 6.07) is 74.6. The SMILES string of the molecule is [2H]c1c([2H])c([2H])c(-c2c([2H])c([2H])c3c(c2[2H])c2c([2H])c([2H])c([2H])c4c2n3-c2cc3c(c5c2B4c2ccc(-c4ccccc4)cc2O5)N(c2c(-c4ccccc4)cc(C(C)(C)C)cc2-c2ccccc2)c2cc(N(c4ccccc4)c4ccccc4)cc4c2B3c2c([2H])c([2H])c(-n3c5c([2H])c([2H])c([2H])c([2H])c5c5c([2H])c([2H])c([2H])c([2H])c53)c([2H])c2N4c2c(-c3ccccc3)cc(C(C)(C)C)cc2-c2ccccc2)c([2H])c1[2H]. The second-order valence-corrected chi connectivity index (χ2v) is 34.1. The summed E-state index contributed by atoms with van der Waals surface area (Å²) >= 11 is 0. The van der Waals surface area contributed by atoms with E-state index in [0.29, 0.717) is 95.1 Å². The van der Waals surface area contributed by atoms with E-state index in [2.05, 4.69) is 112 Å². The average Bonchev–Trinajstić information content (AvgIpc) is 1.55. The van der Waals surface area contributed by atoms with Crippen molar-refractivity contribution < 1.29 is 34.9 Å². The van der Waals surface area contributed by atoms with Gasteiger partial charge in [0.15, 0.2) is 0 Å². The molecule has 0 aliphatic carbocycles. The first kappa shape index (κ1) is 53.5. The minimum absolute atomic E-state index is 0.0247. The van der Waals surface area contributed by atoms with Crippen LogP contribution in [0.4, 0.5) is 51.2 Å². The largest absolute Gasteiger partial charge is 0.456 e. The summed E-state index contributed by atoms with van der Waals surface area (Å²) in [5, 5.41) is -1.05. The second kappa shape index (κ2) is 28.3. The zero-order chi connectivity index (χ0) is 102. The van der Waals surface area contributed by atoms with E-state index in [1.165, 1.54) is 0 Å². The highest BCUT2D eigenvalue weighted by molar-refractivity contribution is 7.02. The van der Waals surface area contributed by atoms with Crippen LogP contribution in [0.2, 0.25) is 0 Å². The summed E-state index contributed by atoms with van der Waals surface area (Å²) in [5.74, 6) is 0.342. The lowest BCUT2D eigenvalue weighted by atomic mass is 9.31. The third kappa shape index (κ3) is 11.4. The molecule has 0 N–H and O–H groups in total. The van der Waals surface area contributed by atoms with E-state index in [9.17, 15) is 26.0 Å². The number of hydrogen-bond donors (Lipinski definition) is 0. The van der Waals surface area contributed by atoms with Gasteiger partial charge in [0, 0.05) is 89.1 Å². The van der Waals surface area contributed by atoms with Gasteiger partial charge in [0.2, 0.25) is 0 Å². The molecule has 0 bridgehead atoms. The molecule has 0 amide bonds. The zero-order valence-corrected chi connectivity index (χ0v) is 68.3. The molecule has 2 aromatic heterocycles. The summed E-state index contributed by atoms with van der Waals surface area (Å²) in [7, 11) is 0. The topological polar surface area (TPSA) is 28.8 Å². The van der Waals surface area contributed by atoms with E-state index in [1.54, 1.807) is 4.57 Å². The van der Waals surface area contributed by atoms with Gasteiger partial charge in [-0.15, -0.1) is 0 Å². The molecular weight excluding hydrogens is 1500 g/mol. The number of nitrogens with zero attached hydrogens (tertiary/aromatic N) is 5. The Morgan fingerprint density at radius 3 is 1.31 bits per heavy atom. The van der Waals surface area contributed by atoms with Crippen LogP contribution in [0.1, 0.15) is 82.8 Å².